The van der Waals surface area contributed by atoms with Crippen LogP contribution in [0.15, 0.2) is 89.9 Å². The van der Waals surface area contributed by atoms with Crippen LogP contribution >= 0.6 is 0 Å². The predicted molar refractivity (Wildman–Crippen MR) is 98.9 cm³/mol. The third kappa shape index (κ3) is 4.42. The van der Waals surface area contributed by atoms with E-state index in [2.05, 4.69) is 15.8 Å². The van der Waals surface area contributed by atoms with E-state index >= 15 is 0 Å². The van der Waals surface area contributed by atoms with E-state index in [0.29, 0.717) is 11.5 Å². The number of aliphatic imine (C=N–C) groups is 1. The second kappa shape index (κ2) is 7.74. The molecular formula is C19H16N4O2. The maximum atomic E-state index is 10.7. The summed E-state index contributed by atoms with van der Waals surface area (Å²) in [6, 6.07) is 25.5. The first kappa shape index (κ1) is 16.2. The maximum absolute atomic E-state index is 10.7. The van der Waals surface area contributed by atoms with Crippen molar-refractivity contribution < 1.29 is 4.92 Å². The van der Waals surface area contributed by atoms with Crippen molar-refractivity contribution in [1.29, 1.82) is 0 Å². The molecule has 0 saturated heterocycles. The predicted octanol–water partition coefficient (Wildman–Crippen LogP) is 4.29. The first-order valence-corrected chi connectivity index (χ1v) is 7.68. The van der Waals surface area contributed by atoms with Crippen molar-refractivity contribution in [2.45, 2.75) is 0 Å². The smallest absolute Gasteiger partial charge is 0.269 e. The topological polar surface area (TPSA) is 79.6 Å². The molecule has 0 radical (unpaired) electrons. The lowest BCUT2D eigenvalue weighted by Crippen LogP contribution is -2.30. The van der Waals surface area contributed by atoms with E-state index < -0.39 is 4.92 Å². The minimum Gasteiger partial charge on any atom is -0.300 e. The highest BCUT2D eigenvalue weighted by Gasteiger charge is 2.06. The monoisotopic (exact) mass is 332 g/mol. The molecule has 0 atom stereocenters. The molecule has 0 saturated carbocycles. The van der Waals surface area contributed by atoms with Gasteiger partial charge in [0.2, 0.25) is 0 Å². The van der Waals surface area contributed by atoms with Crippen molar-refractivity contribution in [3.63, 3.8) is 0 Å². The minimum absolute atomic E-state index is 0.0479. The van der Waals surface area contributed by atoms with Gasteiger partial charge in [-0.2, -0.15) is 0 Å². The number of hydrogen-bond donors (Lipinski definition) is 2. The molecule has 0 unspecified atom stereocenters. The largest absolute Gasteiger partial charge is 0.300 e. The Morgan fingerprint density at radius 1 is 0.840 bits per heavy atom. The summed E-state index contributed by atoms with van der Waals surface area (Å²) in [5.41, 5.74) is 8.59. The molecule has 0 aromatic heterocycles. The van der Waals surface area contributed by atoms with Crippen molar-refractivity contribution in [1.82, 2.24) is 5.43 Å². The Morgan fingerprint density at radius 3 is 2.04 bits per heavy atom. The van der Waals surface area contributed by atoms with Crippen LogP contribution in [-0.4, -0.2) is 10.8 Å². The van der Waals surface area contributed by atoms with Crippen LogP contribution in [0, 0.1) is 10.1 Å². The summed E-state index contributed by atoms with van der Waals surface area (Å²) < 4.78 is 0. The number of nitro benzene ring substituents is 1. The van der Waals surface area contributed by atoms with Gasteiger partial charge in [0.1, 0.15) is 0 Å². The third-order valence-electron chi connectivity index (χ3n) is 3.45. The van der Waals surface area contributed by atoms with E-state index in [9.17, 15) is 10.1 Å². The number of nitrogens with one attached hydrogen (secondary N) is 2. The van der Waals surface area contributed by atoms with Crippen LogP contribution in [0.1, 0.15) is 5.56 Å². The van der Waals surface area contributed by atoms with Crippen LogP contribution in [0.3, 0.4) is 0 Å². The van der Waals surface area contributed by atoms with Crippen LogP contribution in [0.25, 0.3) is 0 Å². The zero-order valence-corrected chi connectivity index (χ0v) is 13.3. The maximum Gasteiger partial charge on any atom is 0.269 e. The summed E-state index contributed by atoms with van der Waals surface area (Å²) in [5.74, 6) is 0.644. The van der Waals surface area contributed by atoms with Crippen LogP contribution in [0.4, 0.5) is 17.1 Å². The molecule has 2 N–H and O–H groups in total. The van der Waals surface area contributed by atoms with Crippen LogP contribution in [0.2, 0.25) is 0 Å². The Bertz CT molecular complexity index is 863. The zero-order valence-electron chi connectivity index (χ0n) is 13.3. The number of benzene rings is 3. The number of hydrogen-bond acceptors (Lipinski definition) is 4. The van der Waals surface area contributed by atoms with Gasteiger partial charge in [-0.05, 0) is 24.3 Å². The lowest BCUT2D eigenvalue weighted by atomic mass is 10.2. The van der Waals surface area contributed by atoms with Gasteiger partial charge in [0, 0.05) is 17.7 Å². The Kier molecular flexibility index (Phi) is 5.01. The highest BCUT2D eigenvalue weighted by molar-refractivity contribution is 6.00. The molecule has 6 nitrogen and oxygen atoms in total. The summed E-state index contributed by atoms with van der Waals surface area (Å²) in [7, 11) is 0. The van der Waals surface area contributed by atoms with Gasteiger partial charge in [0.25, 0.3) is 5.69 Å². The minimum atomic E-state index is -0.427. The molecule has 124 valence electrons. The number of para-hydroxylation sites is 1. The van der Waals surface area contributed by atoms with E-state index in [4.69, 9.17) is 0 Å². The highest BCUT2D eigenvalue weighted by Crippen LogP contribution is 2.16. The van der Waals surface area contributed by atoms with Crippen molar-refractivity contribution >= 4 is 22.9 Å². The molecule has 0 aliphatic heterocycles. The highest BCUT2D eigenvalue weighted by atomic mass is 16.6. The number of anilines is 1. The SMILES string of the molecule is O=[N+]([O-])c1ccc(NNC(=Nc2ccccc2)c2ccccc2)cc1. The quantitative estimate of drug-likeness (QED) is 0.316. The van der Waals surface area contributed by atoms with Crippen LogP contribution < -0.4 is 10.9 Å². The number of non-ortho nitro benzene ring substituents is 1. The molecule has 6 heteroatoms. The second-order valence-electron chi connectivity index (χ2n) is 5.22. The summed E-state index contributed by atoms with van der Waals surface area (Å²) in [6.07, 6.45) is 0. The lowest BCUT2D eigenvalue weighted by Gasteiger charge is -2.12. The summed E-state index contributed by atoms with van der Waals surface area (Å²) in [6.45, 7) is 0. The van der Waals surface area contributed by atoms with E-state index in [1.54, 1.807) is 12.1 Å². The fourth-order valence-corrected chi connectivity index (χ4v) is 2.19. The third-order valence-corrected chi connectivity index (χ3v) is 3.45. The molecule has 0 aliphatic rings. The van der Waals surface area contributed by atoms with E-state index in [-0.39, 0.29) is 5.69 Å². The van der Waals surface area contributed by atoms with Crippen molar-refractivity contribution in [3.05, 3.63) is 101 Å². The van der Waals surface area contributed by atoms with Gasteiger partial charge in [-0.25, -0.2) is 4.99 Å². The average molecular weight is 332 g/mol. The standard InChI is InChI=1S/C19H16N4O2/c24-23(25)18-13-11-17(12-14-18)21-22-19(15-7-3-1-4-8-15)20-16-9-5-2-6-10-16/h1-14,21H,(H,20,22). The molecule has 3 aromatic rings. The van der Waals surface area contributed by atoms with E-state index in [1.807, 2.05) is 60.7 Å². The zero-order chi connectivity index (χ0) is 17.5. The van der Waals surface area contributed by atoms with Gasteiger partial charge in [-0.3, -0.25) is 21.0 Å². The Morgan fingerprint density at radius 2 is 1.44 bits per heavy atom. The fraction of sp³-hybridized carbons (Fsp3) is 0. The number of rotatable bonds is 5. The van der Waals surface area contributed by atoms with Crippen molar-refractivity contribution in [3.8, 4) is 0 Å². The molecule has 3 aromatic carbocycles. The summed E-state index contributed by atoms with van der Waals surface area (Å²) in [5, 5.41) is 10.7. The number of nitro groups is 1. The fourth-order valence-electron chi connectivity index (χ4n) is 2.19. The van der Waals surface area contributed by atoms with Gasteiger partial charge < -0.3 is 0 Å². The molecule has 0 amide bonds. The normalized spacial score (nSPS) is 11.0. The van der Waals surface area contributed by atoms with E-state index in [0.717, 1.165) is 11.3 Å². The van der Waals surface area contributed by atoms with Gasteiger partial charge in [-0.1, -0.05) is 48.5 Å². The molecule has 3 rings (SSSR count). The number of amidine groups is 1. The average Bonchev–Trinajstić information content (AvgIpc) is 2.67. The number of hydrazine groups is 1. The molecular weight excluding hydrogens is 316 g/mol. The summed E-state index contributed by atoms with van der Waals surface area (Å²) in [4.78, 5) is 14.9. The van der Waals surface area contributed by atoms with Gasteiger partial charge in [0.05, 0.1) is 16.3 Å². The Hall–Kier alpha value is -3.67. The molecule has 0 fully saturated rings. The Balaban J connectivity index is 1.81. The van der Waals surface area contributed by atoms with Gasteiger partial charge in [0.15, 0.2) is 5.84 Å². The molecule has 0 heterocycles. The van der Waals surface area contributed by atoms with Crippen LogP contribution in [-0.2, 0) is 0 Å². The van der Waals surface area contributed by atoms with Crippen molar-refractivity contribution in [2.24, 2.45) is 4.99 Å². The van der Waals surface area contributed by atoms with E-state index in [1.165, 1.54) is 12.1 Å². The Labute approximate surface area is 145 Å². The first-order chi connectivity index (χ1) is 12.2. The molecule has 0 aliphatic carbocycles. The first-order valence-electron chi connectivity index (χ1n) is 7.68. The summed E-state index contributed by atoms with van der Waals surface area (Å²) >= 11 is 0. The lowest BCUT2D eigenvalue weighted by molar-refractivity contribution is -0.384. The van der Waals surface area contributed by atoms with Crippen molar-refractivity contribution in [2.75, 3.05) is 5.43 Å². The molecule has 0 bridgehead atoms. The van der Waals surface area contributed by atoms with Gasteiger partial charge in [-0.15, -0.1) is 0 Å². The second-order valence-corrected chi connectivity index (χ2v) is 5.22. The van der Waals surface area contributed by atoms with Crippen LogP contribution in [0.5, 0.6) is 0 Å². The van der Waals surface area contributed by atoms with Gasteiger partial charge >= 0.3 is 0 Å². The number of nitrogens with zero attached hydrogens (tertiary/aromatic N) is 2. The molecule has 25 heavy (non-hydrogen) atoms. The molecule has 0 spiro atoms.